The number of carbonyl (C=O) groups excluding carboxylic acids is 2. The number of ether oxygens (including phenoxy) is 1. The molecule has 2 aliphatic heterocycles. The normalized spacial score (nSPS) is 21.3. The molecule has 1 aromatic rings. The molecule has 2 aliphatic rings. The monoisotopic (exact) mass is 408 g/mol. The van der Waals surface area contributed by atoms with Crippen LogP contribution in [0.15, 0.2) is 29.2 Å². The van der Waals surface area contributed by atoms with Crippen molar-refractivity contribution in [1.82, 2.24) is 9.21 Å². The predicted octanol–water partition coefficient (Wildman–Crippen LogP) is 2.28. The van der Waals surface area contributed by atoms with Crippen LogP contribution in [-0.2, 0) is 19.6 Å². The summed E-state index contributed by atoms with van der Waals surface area (Å²) >= 11 is 0. The summed E-state index contributed by atoms with van der Waals surface area (Å²) in [6.45, 7) is 4.12. The molecule has 0 radical (unpaired) electrons. The SMILES string of the molecule is CCOC(=O)[C@H]1CCCN(C(=O)c2ccc(S(=O)(=O)N3CCCCC3)cc2)C1. The van der Waals surface area contributed by atoms with Crippen LogP contribution in [0.4, 0.5) is 0 Å². The highest BCUT2D eigenvalue weighted by atomic mass is 32.2. The fourth-order valence-corrected chi connectivity index (χ4v) is 5.34. The number of hydrogen-bond donors (Lipinski definition) is 0. The summed E-state index contributed by atoms with van der Waals surface area (Å²) in [7, 11) is -3.51. The van der Waals surface area contributed by atoms with Gasteiger partial charge in [0.15, 0.2) is 0 Å². The molecule has 0 saturated carbocycles. The van der Waals surface area contributed by atoms with Crippen LogP contribution in [0.2, 0.25) is 0 Å². The smallest absolute Gasteiger partial charge is 0.310 e. The molecule has 2 saturated heterocycles. The van der Waals surface area contributed by atoms with Gasteiger partial charge in [-0.1, -0.05) is 6.42 Å². The van der Waals surface area contributed by atoms with Gasteiger partial charge < -0.3 is 9.64 Å². The van der Waals surface area contributed by atoms with Gasteiger partial charge in [-0.05, 0) is 56.9 Å². The second-order valence-electron chi connectivity index (χ2n) is 7.33. The molecule has 2 fully saturated rings. The van der Waals surface area contributed by atoms with Gasteiger partial charge in [-0.2, -0.15) is 4.31 Å². The minimum absolute atomic E-state index is 0.184. The molecule has 1 amide bonds. The zero-order valence-corrected chi connectivity index (χ0v) is 17.1. The maximum Gasteiger partial charge on any atom is 0.310 e. The van der Waals surface area contributed by atoms with Crippen molar-refractivity contribution in [2.45, 2.75) is 43.9 Å². The molecule has 154 valence electrons. The molecule has 0 N–H and O–H groups in total. The Kier molecular flexibility index (Phi) is 6.72. The van der Waals surface area contributed by atoms with Crippen molar-refractivity contribution in [3.8, 4) is 0 Å². The van der Waals surface area contributed by atoms with Crippen molar-refractivity contribution < 1.29 is 22.7 Å². The first kappa shape index (κ1) is 20.8. The summed E-state index contributed by atoms with van der Waals surface area (Å²) in [4.78, 5) is 26.6. The lowest BCUT2D eigenvalue weighted by Gasteiger charge is -2.31. The van der Waals surface area contributed by atoms with E-state index in [1.54, 1.807) is 24.0 Å². The van der Waals surface area contributed by atoms with Crippen LogP contribution in [0.5, 0.6) is 0 Å². The fraction of sp³-hybridized carbons (Fsp3) is 0.600. The number of likely N-dealkylation sites (tertiary alicyclic amines) is 1. The van der Waals surface area contributed by atoms with E-state index in [9.17, 15) is 18.0 Å². The van der Waals surface area contributed by atoms with Gasteiger partial charge in [0.25, 0.3) is 5.91 Å². The fourth-order valence-electron chi connectivity index (χ4n) is 3.82. The van der Waals surface area contributed by atoms with Crippen LogP contribution in [-0.4, -0.2) is 62.3 Å². The molecule has 2 heterocycles. The molecule has 3 rings (SSSR count). The van der Waals surface area contributed by atoms with Crippen LogP contribution in [0.3, 0.4) is 0 Å². The minimum Gasteiger partial charge on any atom is -0.466 e. The first-order chi connectivity index (χ1) is 13.4. The van der Waals surface area contributed by atoms with Gasteiger partial charge in [0.1, 0.15) is 0 Å². The molecular formula is C20H28N2O5S. The number of benzene rings is 1. The molecule has 8 heteroatoms. The Morgan fingerprint density at radius 2 is 1.71 bits per heavy atom. The Labute approximate surface area is 166 Å². The number of hydrogen-bond acceptors (Lipinski definition) is 5. The van der Waals surface area contributed by atoms with E-state index in [-0.39, 0.29) is 22.7 Å². The zero-order chi connectivity index (χ0) is 20.1. The highest BCUT2D eigenvalue weighted by molar-refractivity contribution is 7.89. The van der Waals surface area contributed by atoms with Crippen LogP contribution < -0.4 is 0 Å². The third-order valence-electron chi connectivity index (χ3n) is 5.38. The van der Waals surface area contributed by atoms with Gasteiger partial charge in [-0.15, -0.1) is 0 Å². The Balaban J connectivity index is 1.69. The predicted molar refractivity (Wildman–Crippen MR) is 104 cm³/mol. The molecule has 1 aromatic carbocycles. The second-order valence-corrected chi connectivity index (χ2v) is 9.27. The van der Waals surface area contributed by atoms with Crippen LogP contribution >= 0.6 is 0 Å². The molecule has 0 aliphatic carbocycles. The van der Waals surface area contributed by atoms with E-state index >= 15 is 0 Å². The Bertz CT molecular complexity index is 800. The van der Waals surface area contributed by atoms with Crippen molar-refractivity contribution >= 4 is 21.9 Å². The first-order valence-electron chi connectivity index (χ1n) is 9.99. The number of sulfonamides is 1. The quantitative estimate of drug-likeness (QED) is 0.698. The average molecular weight is 409 g/mol. The first-order valence-corrected chi connectivity index (χ1v) is 11.4. The molecule has 1 atom stereocenters. The van der Waals surface area contributed by atoms with Crippen molar-refractivity contribution in [3.05, 3.63) is 29.8 Å². The van der Waals surface area contributed by atoms with Crippen LogP contribution in [0, 0.1) is 5.92 Å². The van der Waals surface area contributed by atoms with Gasteiger partial charge in [0.05, 0.1) is 17.4 Å². The second kappa shape index (κ2) is 9.05. The summed E-state index contributed by atoms with van der Waals surface area (Å²) in [5, 5.41) is 0. The number of rotatable bonds is 5. The molecule has 0 spiro atoms. The van der Waals surface area contributed by atoms with Crippen molar-refractivity contribution in [2.75, 3.05) is 32.8 Å². The topological polar surface area (TPSA) is 84.0 Å². The maximum absolute atomic E-state index is 12.8. The van der Waals surface area contributed by atoms with Gasteiger partial charge in [-0.3, -0.25) is 9.59 Å². The molecule has 0 aromatic heterocycles. The van der Waals surface area contributed by atoms with Gasteiger partial charge in [0.2, 0.25) is 10.0 Å². The summed E-state index contributed by atoms with van der Waals surface area (Å²) in [6.07, 6.45) is 4.28. The molecule has 7 nitrogen and oxygen atoms in total. The standard InChI is InChI=1S/C20H28N2O5S/c1-2-27-20(24)17-7-6-12-21(15-17)19(23)16-8-10-18(11-9-16)28(25,26)22-13-4-3-5-14-22/h8-11,17H,2-7,12-15H2,1H3/t17-/m0/s1. The molecule has 0 bridgehead atoms. The van der Waals surface area contributed by atoms with E-state index in [0.29, 0.717) is 38.3 Å². The largest absolute Gasteiger partial charge is 0.466 e. The third kappa shape index (κ3) is 4.55. The average Bonchev–Trinajstić information content (AvgIpc) is 2.74. The Hall–Kier alpha value is -1.93. The minimum atomic E-state index is -3.51. The Morgan fingerprint density at radius 1 is 1.04 bits per heavy atom. The van der Waals surface area contributed by atoms with E-state index < -0.39 is 10.0 Å². The highest BCUT2D eigenvalue weighted by Gasteiger charge is 2.30. The molecule has 0 unspecified atom stereocenters. The number of carbonyl (C=O) groups is 2. The summed E-state index contributed by atoms with van der Waals surface area (Å²) in [5.74, 6) is -0.740. The van der Waals surface area contributed by atoms with Crippen molar-refractivity contribution in [2.24, 2.45) is 5.92 Å². The summed E-state index contributed by atoms with van der Waals surface area (Å²) < 4.78 is 32.1. The summed E-state index contributed by atoms with van der Waals surface area (Å²) in [5.41, 5.74) is 0.433. The molecular weight excluding hydrogens is 380 g/mol. The van der Waals surface area contributed by atoms with E-state index in [0.717, 1.165) is 32.1 Å². The maximum atomic E-state index is 12.8. The summed E-state index contributed by atoms with van der Waals surface area (Å²) in [6, 6.07) is 6.13. The number of nitrogens with zero attached hydrogens (tertiary/aromatic N) is 2. The van der Waals surface area contributed by atoms with E-state index in [1.165, 1.54) is 16.4 Å². The number of amides is 1. The number of piperidine rings is 2. The van der Waals surface area contributed by atoms with Crippen molar-refractivity contribution in [1.29, 1.82) is 0 Å². The molecule has 28 heavy (non-hydrogen) atoms. The van der Waals surface area contributed by atoms with E-state index in [2.05, 4.69) is 0 Å². The number of esters is 1. The lowest BCUT2D eigenvalue weighted by Crippen LogP contribution is -2.42. The van der Waals surface area contributed by atoms with Gasteiger partial charge >= 0.3 is 5.97 Å². The zero-order valence-electron chi connectivity index (χ0n) is 16.3. The van der Waals surface area contributed by atoms with Crippen LogP contribution in [0.25, 0.3) is 0 Å². The van der Waals surface area contributed by atoms with Crippen LogP contribution in [0.1, 0.15) is 49.4 Å². The van der Waals surface area contributed by atoms with E-state index in [1.807, 2.05) is 0 Å². The highest BCUT2D eigenvalue weighted by Crippen LogP contribution is 2.23. The van der Waals surface area contributed by atoms with Crippen molar-refractivity contribution in [3.63, 3.8) is 0 Å². The van der Waals surface area contributed by atoms with E-state index in [4.69, 9.17) is 4.74 Å². The lowest BCUT2D eigenvalue weighted by molar-refractivity contribution is -0.149. The van der Waals surface area contributed by atoms with Gasteiger partial charge in [0, 0.05) is 31.7 Å². The Morgan fingerprint density at radius 3 is 2.36 bits per heavy atom. The lowest BCUT2D eigenvalue weighted by atomic mass is 9.97. The third-order valence-corrected chi connectivity index (χ3v) is 7.30. The van der Waals surface area contributed by atoms with Gasteiger partial charge in [-0.25, -0.2) is 8.42 Å².